The van der Waals surface area contributed by atoms with E-state index in [0.717, 1.165) is 0 Å². The van der Waals surface area contributed by atoms with Crippen LogP contribution in [0.2, 0.25) is 5.15 Å². The highest BCUT2D eigenvalue weighted by Crippen LogP contribution is 2.24. The van der Waals surface area contributed by atoms with Gasteiger partial charge in [0.2, 0.25) is 0 Å². The third-order valence-corrected chi connectivity index (χ3v) is 2.52. The Labute approximate surface area is 93.9 Å². The summed E-state index contributed by atoms with van der Waals surface area (Å²) in [7, 11) is 0. The van der Waals surface area contributed by atoms with E-state index in [9.17, 15) is 0 Å². The Hall–Kier alpha value is -1.58. The van der Waals surface area contributed by atoms with Gasteiger partial charge < -0.3 is 0 Å². The smallest absolute Gasteiger partial charge is 0.147 e. The number of halogens is 1. The Morgan fingerprint density at radius 1 is 1.13 bits per heavy atom. The Morgan fingerprint density at radius 3 is 2.13 bits per heavy atom. The van der Waals surface area contributed by atoms with Gasteiger partial charge in [-0.3, -0.25) is 0 Å². The van der Waals surface area contributed by atoms with Crippen molar-refractivity contribution in [2.24, 2.45) is 0 Å². The van der Waals surface area contributed by atoms with E-state index in [0.29, 0.717) is 35.2 Å². The zero-order valence-corrected chi connectivity index (χ0v) is 9.39. The summed E-state index contributed by atoms with van der Waals surface area (Å²) in [4.78, 5) is 4.06. The molecule has 0 aliphatic rings. The first-order chi connectivity index (χ1) is 7.19. The van der Waals surface area contributed by atoms with Crippen LogP contribution < -0.4 is 0 Å². The summed E-state index contributed by atoms with van der Waals surface area (Å²) in [6.07, 6.45) is 1.25. The van der Waals surface area contributed by atoms with E-state index in [1.54, 1.807) is 0 Å². The molecule has 0 amide bonds. The molecule has 0 saturated heterocycles. The zero-order valence-electron chi connectivity index (χ0n) is 8.63. The standard InChI is InChI=1S/C11H10ClN3/c1-3-7-8(5-13)10(4-2)15-11(12)9(7)6-14/h3-4H2,1-2H3. The third-order valence-electron chi connectivity index (χ3n) is 2.24. The van der Waals surface area contributed by atoms with Crippen molar-refractivity contribution in [3.05, 3.63) is 27.5 Å². The number of hydrogen-bond acceptors (Lipinski definition) is 3. The van der Waals surface area contributed by atoms with E-state index in [1.807, 2.05) is 19.9 Å². The molecule has 15 heavy (non-hydrogen) atoms. The molecular weight excluding hydrogens is 210 g/mol. The predicted molar refractivity (Wildman–Crippen MR) is 57.4 cm³/mol. The molecule has 3 nitrogen and oxygen atoms in total. The van der Waals surface area contributed by atoms with Crippen molar-refractivity contribution in [3.8, 4) is 12.1 Å². The lowest BCUT2D eigenvalue weighted by Gasteiger charge is -2.08. The van der Waals surface area contributed by atoms with Crippen LogP contribution in [0.1, 0.15) is 36.2 Å². The Balaban J connectivity index is 3.63. The van der Waals surface area contributed by atoms with Crippen molar-refractivity contribution in [1.29, 1.82) is 10.5 Å². The number of hydrogen-bond donors (Lipinski definition) is 0. The molecule has 1 aromatic heterocycles. The van der Waals surface area contributed by atoms with E-state index < -0.39 is 0 Å². The maximum Gasteiger partial charge on any atom is 0.147 e. The summed E-state index contributed by atoms with van der Waals surface area (Å²) in [5.41, 5.74) is 2.20. The van der Waals surface area contributed by atoms with Crippen LogP contribution in [-0.4, -0.2) is 4.98 Å². The van der Waals surface area contributed by atoms with Crippen molar-refractivity contribution < 1.29 is 0 Å². The first kappa shape index (κ1) is 11.5. The molecule has 0 aliphatic carbocycles. The summed E-state index contributed by atoms with van der Waals surface area (Å²) in [5.74, 6) is 0. The Morgan fingerprint density at radius 2 is 1.73 bits per heavy atom. The van der Waals surface area contributed by atoms with Crippen LogP contribution in [0, 0.1) is 22.7 Å². The van der Waals surface area contributed by atoms with Crippen LogP contribution in [-0.2, 0) is 12.8 Å². The lowest BCUT2D eigenvalue weighted by Crippen LogP contribution is -2.03. The van der Waals surface area contributed by atoms with Gasteiger partial charge in [0.15, 0.2) is 0 Å². The normalized spacial score (nSPS) is 9.40. The summed E-state index contributed by atoms with van der Waals surface area (Å²) in [6.45, 7) is 3.80. The molecule has 0 spiro atoms. The van der Waals surface area contributed by atoms with E-state index in [-0.39, 0.29) is 5.15 Å². The summed E-state index contributed by atoms with van der Waals surface area (Å²) in [5, 5.41) is 18.2. The number of nitrogens with zero attached hydrogens (tertiary/aromatic N) is 3. The molecule has 4 heteroatoms. The number of rotatable bonds is 2. The molecule has 0 aromatic carbocycles. The molecule has 0 atom stereocenters. The van der Waals surface area contributed by atoms with Crippen molar-refractivity contribution in [3.63, 3.8) is 0 Å². The van der Waals surface area contributed by atoms with E-state index in [4.69, 9.17) is 22.1 Å². The van der Waals surface area contributed by atoms with Gasteiger partial charge in [-0.1, -0.05) is 25.4 Å². The van der Waals surface area contributed by atoms with Gasteiger partial charge in [-0.25, -0.2) is 4.98 Å². The topological polar surface area (TPSA) is 60.5 Å². The van der Waals surface area contributed by atoms with Crippen LogP contribution in [0.25, 0.3) is 0 Å². The zero-order chi connectivity index (χ0) is 11.4. The highest BCUT2D eigenvalue weighted by atomic mass is 35.5. The largest absolute Gasteiger partial charge is 0.238 e. The molecule has 1 rings (SSSR count). The average molecular weight is 220 g/mol. The van der Waals surface area contributed by atoms with Gasteiger partial charge in [0.1, 0.15) is 17.3 Å². The van der Waals surface area contributed by atoms with Gasteiger partial charge in [0.25, 0.3) is 0 Å². The molecule has 0 fully saturated rings. The molecule has 76 valence electrons. The van der Waals surface area contributed by atoms with E-state index in [1.165, 1.54) is 0 Å². The van der Waals surface area contributed by atoms with Gasteiger partial charge in [-0.2, -0.15) is 10.5 Å². The molecule has 1 aromatic rings. The molecule has 0 bridgehead atoms. The molecule has 0 saturated carbocycles. The average Bonchev–Trinajstić information content (AvgIpc) is 2.27. The lowest BCUT2D eigenvalue weighted by atomic mass is 9.99. The molecule has 0 N–H and O–H groups in total. The van der Waals surface area contributed by atoms with Crippen molar-refractivity contribution in [2.75, 3.05) is 0 Å². The van der Waals surface area contributed by atoms with Gasteiger partial charge in [-0.05, 0) is 18.4 Å². The van der Waals surface area contributed by atoms with Gasteiger partial charge in [-0.15, -0.1) is 0 Å². The Bertz CT molecular complexity index is 466. The lowest BCUT2D eigenvalue weighted by molar-refractivity contribution is 0.985. The minimum absolute atomic E-state index is 0.199. The van der Waals surface area contributed by atoms with E-state index in [2.05, 4.69) is 11.1 Å². The minimum atomic E-state index is 0.199. The third kappa shape index (κ3) is 1.93. The van der Waals surface area contributed by atoms with Crippen molar-refractivity contribution in [1.82, 2.24) is 4.98 Å². The molecule has 0 aliphatic heterocycles. The highest BCUT2D eigenvalue weighted by molar-refractivity contribution is 6.30. The number of aryl methyl sites for hydroxylation is 1. The molecule has 1 heterocycles. The highest BCUT2D eigenvalue weighted by Gasteiger charge is 2.16. The SMILES string of the molecule is CCc1nc(Cl)c(C#N)c(CC)c1C#N. The number of aromatic nitrogens is 1. The second-order valence-corrected chi connectivity index (χ2v) is 3.37. The first-order valence-corrected chi connectivity index (χ1v) is 5.08. The molecule has 0 radical (unpaired) electrons. The van der Waals surface area contributed by atoms with Gasteiger partial charge in [0.05, 0.1) is 16.8 Å². The maximum atomic E-state index is 9.03. The van der Waals surface area contributed by atoms with Crippen molar-refractivity contribution in [2.45, 2.75) is 26.7 Å². The van der Waals surface area contributed by atoms with Gasteiger partial charge >= 0.3 is 0 Å². The fourth-order valence-electron chi connectivity index (χ4n) is 1.51. The second-order valence-electron chi connectivity index (χ2n) is 3.01. The number of nitriles is 2. The van der Waals surface area contributed by atoms with Crippen LogP contribution in [0.4, 0.5) is 0 Å². The quantitative estimate of drug-likeness (QED) is 0.719. The van der Waals surface area contributed by atoms with E-state index >= 15 is 0 Å². The van der Waals surface area contributed by atoms with Crippen LogP contribution in [0.15, 0.2) is 0 Å². The summed E-state index contributed by atoms with van der Waals surface area (Å²) >= 11 is 5.88. The summed E-state index contributed by atoms with van der Waals surface area (Å²) < 4.78 is 0. The van der Waals surface area contributed by atoms with Crippen LogP contribution in [0.5, 0.6) is 0 Å². The number of pyridine rings is 1. The maximum absolute atomic E-state index is 9.03. The fourth-order valence-corrected chi connectivity index (χ4v) is 1.77. The molecule has 0 unspecified atom stereocenters. The van der Waals surface area contributed by atoms with Gasteiger partial charge in [0, 0.05) is 0 Å². The van der Waals surface area contributed by atoms with Crippen LogP contribution in [0.3, 0.4) is 0 Å². The molecular formula is C11H10ClN3. The Kier molecular flexibility index (Phi) is 3.66. The predicted octanol–water partition coefficient (Wildman–Crippen LogP) is 2.60. The fraction of sp³-hybridized carbons (Fsp3) is 0.364. The second kappa shape index (κ2) is 4.77. The monoisotopic (exact) mass is 219 g/mol. The summed E-state index contributed by atoms with van der Waals surface area (Å²) in [6, 6.07) is 4.09. The minimum Gasteiger partial charge on any atom is -0.238 e. The van der Waals surface area contributed by atoms with Crippen LogP contribution >= 0.6 is 11.6 Å². The van der Waals surface area contributed by atoms with Crippen molar-refractivity contribution >= 4 is 11.6 Å². The first-order valence-electron chi connectivity index (χ1n) is 4.70.